The zero-order valence-corrected chi connectivity index (χ0v) is 18.3. The molecule has 0 aliphatic rings. The summed E-state index contributed by atoms with van der Waals surface area (Å²) in [6, 6.07) is 19.5. The number of anilines is 1. The first-order valence-electron chi connectivity index (χ1n) is 10.0. The molecule has 0 radical (unpaired) electrons. The van der Waals surface area contributed by atoms with E-state index < -0.39 is 0 Å². The molecular formula is C24H20N4O3S. The number of rotatable bonds is 6. The lowest BCUT2D eigenvalue weighted by atomic mass is 10.1. The molecule has 0 saturated carbocycles. The molecule has 0 atom stereocenters. The number of aryl methyl sites for hydroxylation is 1. The number of hydrogen-bond acceptors (Lipinski definition) is 6. The monoisotopic (exact) mass is 444 g/mol. The van der Waals surface area contributed by atoms with E-state index in [4.69, 9.17) is 9.15 Å². The molecule has 3 aromatic carbocycles. The Balaban J connectivity index is 1.30. The molecule has 0 aliphatic carbocycles. The Morgan fingerprint density at radius 3 is 2.72 bits per heavy atom. The average molecular weight is 445 g/mol. The number of ether oxygens (including phenoxy) is 1. The molecule has 8 heteroatoms. The van der Waals surface area contributed by atoms with Crippen LogP contribution in [0.3, 0.4) is 0 Å². The Kier molecular flexibility index (Phi) is 5.28. The highest BCUT2D eigenvalue weighted by molar-refractivity contribution is 7.99. The van der Waals surface area contributed by atoms with Gasteiger partial charge in [-0.25, -0.2) is 4.98 Å². The lowest BCUT2D eigenvalue weighted by molar-refractivity contribution is -0.113. The maximum Gasteiger partial charge on any atom is 0.234 e. The van der Waals surface area contributed by atoms with Gasteiger partial charge in [0.25, 0.3) is 0 Å². The Bertz CT molecular complexity index is 1420. The second-order valence-corrected chi connectivity index (χ2v) is 8.26. The van der Waals surface area contributed by atoms with Crippen LogP contribution in [0.25, 0.3) is 33.3 Å². The maximum absolute atomic E-state index is 12.6. The fourth-order valence-electron chi connectivity index (χ4n) is 3.49. The molecule has 0 bridgehead atoms. The average Bonchev–Trinajstić information content (AvgIpc) is 3.42. The molecule has 7 nitrogen and oxygen atoms in total. The summed E-state index contributed by atoms with van der Waals surface area (Å²) in [6.07, 6.45) is 0. The molecule has 2 heterocycles. The molecule has 1 amide bonds. The van der Waals surface area contributed by atoms with E-state index in [-0.39, 0.29) is 11.7 Å². The van der Waals surface area contributed by atoms with E-state index in [9.17, 15) is 4.79 Å². The van der Waals surface area contributed by atoms with Gasteiger partial charge in [-0.2, -0.15) is 0 Å². The van der Waals surface area contributed by atoms with Gasteiger partial charge in [-0.15, -0.1) is 5.10 Å². The molecule has 0 fully saturated rings. The van der Waals surface area contributed by atoms with Gasteiger partial charge < -0.3 is 14.5 Å². The minimum absolute atomic E-state index is 0.159. The summed E-state index contributed by atoms with van der Waals surface area (Å²) in [6.45, 7) is 2.03. The zero-order chi connectivity index (χ0) is 22.1. The van der Waals surface area contributed by atoms with Crippen LogP contribution in [0.15, 0.2) is 70.2 Å². The van der Waals surface area contributed by atoms with Gasteiger partial charge >= 0.3 is 0 Å². The van der Waals surface area contributed by atoms with Crippen LogP contribution >= 0.6 is 11.8 Å². The highest BCUT2D eigenvalue weighted by Crippen LogP contribution is 2.36. The predicted molar refractivity (Wildman–Crippen MR) is 126 cm³/mol. The van der Waals surface area contributed by atoms with Gasteiger partial charge in [0.05, 0.1) is 18.6 Å². The number of hydrogen-bond donors (Lipinski definition) is 2. The molecule has 5 aromatic rings. The first-order chi connectivity index (χ1) is 15.6. The Morgan fingerprint density at radius 2 is 1.91 bits per heavy atom. The SMILES string of the molecule is COc1cc2c(cc1NC(=O)CSc1n[nH]c(-c3ccc(C)cc3)n1)oc1ccccc12. The van der Waals surface area contributed by atoms with Crippen LogP contribution in [0.2, 0.25) is 0 Å². The van der Waals surface area contributed by atoms with E-state index in [1.165, 1.54) is 17.3 Å². The number of nitrogens with one attached hydrogen (secondary N) is 2. The van der Waals surface area contributed by atoms with Crippen molar-refractivity contribution in [2.75, 3.05) is 18.2 Å². The summed E-state index contributed by atoms with van der Waals surface area (Å²) < 4.78 is 11.4. The van der Waals surface area contributed by atoms with Gasteiger partial charge in [0.15, 0.2) is 5.82 Å². The summed E-state index contributed by atoms with van der Waals surface area (Å²) in [5.41, 5.74) is 4.16. The van der Waals surface area contributed by atoms with Crippen molar-refractivity contribution in [1.29, 1.82) is 0 Å². The highest BCUT2D eigenvalue weighted by atomic mass is 32.2. The predicted octanol–water partition coefficient (Wildman–Crippen LogP) is 5.42. The van der Waals surface area contributed by atoms with Crippen molar-refractivity contribution in [3.05, 3.63) is 66.2 Å². The summed E-state index contributed by atoms with van der Waals surface area (Å²) >= 11 is 1.26. The second-order valence-electron chi connectivity index (χ2n) is 7.32. The number of carbonyl (C=O) groups is 1. The number of furan rings is 1. The zero-order valence-electron chi connectivity index (χ0n) is 17.5. The van der Waals surface area contributed by atoms with Crippen LogP contribution in [-0.2, 0) is 4.79 Å². The van der Waals surface area contributed by atoms with Gasteiger partial charge in [0, 0.05) is 22.4 Å². The third kappa shape index (κ3) is 3.92. The van der Waals surface area contributed by atoms with Gasteiger partial charge in [-0.05, 0) is 19.1 Å². The lowest BCUT2D eigenvalue weighted by Gasteiger charge is -2.10. The minimum atomic E-state index is -0.189. The Morgan fingerprint density at radius 1 is 1.09 bits per heavy atom. The van der Waals surface area contributed by atoms with E-state index in [0.717, 1.165) is 21.9 Å². The van der Waals surface area contributed by atoms with E-state index in [1.54, 1.807) is 13.2 Å². The van der Waals surface area contributed by atoms with E-state index in [0.29, 0.717) is 28.0 Å². The molecule has 0 unspecified atom stereocenters. The smallest absolute Gasteiger partial charge is 0.234 e. The van der Waals surface area contributed by atoms with Gasteiger partial charge in [-0.1, -0.05) is 59.8 Å². The van der Waals surface area contributed by atoms with E-state index >= 15 is 0 Å². The fraction of sp³-hybridized carbons (Fsp3) is 0.125. The number of aromatic amines is 1. The number of para-hydroxylation sites is 1. The second kappa shape index (κ2) is 8.39. The van der Waals surface area contributed by atoms with E-state index in [2.05, 4.69) is 20.5 Å². The third-order valence-corrected chi connectivity index (χ3v) is 5.94. The van der Waals surface area contributed by atoms with Crippen LogP contribution in [0.5, 0.6) is 5.75 Å². The number of thioether (sulfide) groups is 1. The topological polar surface area (TPSA) is 93.0 Å². The van der Waals surface area contributed by atoms with Crippen molar-refractivity contribution < 1.29 is 13.9 Å². The van der Waals surface area contributed by atoms with Gasteiger partial charge in [-0.3, -0.25) is 9.89 Å². The minimum Gasteiger partial charge on any atom is -0.495 e. The van der Waals surface area contributed by atoms with Crippen molar-refractivity contribution in [3.8, 4) is 17.1 Å². The van der Waals surface area contributed by atoms with Crippen LogP contribution in [-0.4, -0.2) is 34.0 Å². The first-order valence-corrected chi connectivity index (χ1v) is 11.0. The number of fused-ring (bicyclic) bond motifs is 3. The molecular weight excluding hydrogens is 424 g/mol. The molecule has 32 heavy (non-hydrogen) atoms. The number of amides is 1. The molecule has 2 N–H and O–H groups in total. The van der Waals surface area contributed by atoms with Crippen LogP contribution < -0.4 is 10.1 Å². The Hall–Kier alpha value is -3.78. The van der Waals surface area contributed by atoms with Crippen molar-refractivity contribution in [3.63, 3.8) is 0 Å². The van der Waals surface area contributed by atoms with Crippen LogP contribution in [0, 0.1) is 6.92 Å². The summed E-state index contributed by atoms with van der Waals surface area (Å²) in [4.78, 5) is 17.1. The lowest BCUT2D eigenvalue weighted by Crippen LogP contribution is -2.14. The Labute approximate surface area is 188 Å². The van der Waals surface area contributed by atoms with Crippen LogP contribution in [0.4, 0.5) is 5.69 Å². The molecule has 2 aromatic heterocycles. The van der Waals surface area contributed by atoms with Gasteiger partial charge in [0.1, 0.15) is 16.9 Å². The summed E-state index contributed by atoms with van der Waals surface area (Å²) in [5, 5.41) is 12.5. The van der Waals surface area contributed by atoms with Crippen molar-refractivity contribution in [2.24, 2.45) is 0 Å². The number of benzene rings is 3. The standard InChI is InChI=1S/C24H20N4O3S/c1-14-7-9-15(10-8-14)23-26-24(28-27-23)32-13-22(29)25-18-12-20-17(11-21(18)30-2)16-5-3-4-6-19(16)31-20/h3-12H,13H2,1-2H3,(H,25,29)(H,26,27,28). The van der Waals surface area contributed by atoms with Gasteiger partial charge in [0.2, 0.25) is 11.1 Å². The first kappa shape index (κ1) is 20.1. The molecule has 0 spiro atoms. The normalized spacial score (nSPS) is 11.2. The number of methoxy groups -OCH3 is 1. The number of nitrogens with zero attached hydrogens (tertiary/aromatic N) is 2. The molecule has 160 valence electrons. The number of aromatic nitrogens is 3. The van der Waals surface area contributed by atoms with Crippen molar-refractivity contribution in [1.82, 2.24) is 15.2 Å². The molecule has 0 aliphatic heterocycles. The van der Waals surface area contributed by atoms with Crippen LogP contribution in [0.1, 0.15) is 5.56 Å². The maximum atomic E-state index is 12.6. The van der Waals surface area contributed by atoms with Crippen molar-refractivity contribution >= 4 is 45.3 Å². The number of H-pyrrole nitrogens is 1. The van der Waals surface area contributed by atoms with Crippen molar-refractivity contribution in [2.45, 2.75) is 12.1 Å². The molecule has 5 rings (SSSR count). The highest BCUT2D eigenvalue weighted by Gasteiger charge is 2.15. The quantitative estimate of drug-likeness (QED) is 0.340. The number of carbonyl (C=O) groups excluding carboxylic acids is 1. The summed E-state index contributed by atoms with van der Waals surface area (Å²) in [7, 11) is 1.58. The largest absolute Gasteiger partial charge is 0.495 e. The molecule has 0 saturated heterocycles. The summed E-state index contributed by atoms with van der Waals surface area (Å²) in [5.74, 6) is 1.21. The van der Waals surface area contributed by atoms with E-state index in [1.807, 2.05) is 61.5 Å². The third-order valence-electron chi connectivity index (χ3n) is 5.10. The fourth-order valence-corrected chi connectivity index (χ4v) is 4.08.